The van der Waals surface area contributed by atoms with Gasteiger partial charge in [-0.1, -0.05) is 331 Å². The van der Waals surface area contributed by atoms with Gasteiger partial charge in [0.05, 0.1) is 6.61 Å². The molecule has 0 saturated heterocycles. The third-order valence-electron chi connectivity index (χ3n) is 14.5. The van der Waals surface area contributed by atoms with Crippen LogP contribution in [0.5, 0.6) is 0 Å². The van der Waals surface area contributed by atoms with Crippen molar-refractivity contribution in [3.63, 3.8) is 0 Å². The van der Waals surface area contributed by atoms with Crippen LogP contribution in [-0.4, -0.2) is 36.4 Å². The first-order chi connectivity index (χ1) is 36.6. The van der Waals surface area contributed by atoms with Gasteiger partial charge in [-0.2, -0.15) is 0 Å². The Hall–Kier alpha value is -2.66. The van der Waals surface area contributed by atoms with Gasteiger partial charge in [-0.25, -0.2) is 0 Å². The maximum absolute atomic E-state index is 12.3. The highest BCUT2D eigenvalue weighted by molar-refractivity contribution is 5.70. The second kappa shape index (κ2) is 64.6. The number of aliphatic hydroxyl groups excluding tert-OH is 1. The van der Waals surface area contributed by atoms with Crippen LogP contribution in [-0.2, 0) is 19.1 Å². The molecule has 0 aromatic rings. The highest BCUT2D eigenvalue weighted by Crippen LogP contribution is 2.18. The lowest BCUT2D eigenvalue weighted by Gasteiger charge is -2.15. The van der Waals surface area contributed by atoms with E-state index in [4.69, 9.17) is 9.47 Å². The van der Waals surface area contributed by atoms with Gasteiger partial charge in [0.15, 0.2) is 6.10 Å². The first kappa shape index (κ1) is 71.3. The maximum atomic E-state index is 12.3. The van der Waals surface area contributed by atoms with E-state index in [1.54, 1.807) is 0 Å². The summed E-state index contributed by atoms with van der Waals surface area (Å²) in [5.74, 6) is -0.571. The Kier molecular flexibility index (Phi) is 62.3. The second-order valence-electron chi connectivity index (χ2n) is 21.8. The van der Waals surface area contributed by atoms with Crippen LogP contribution < -0.4 is 0 Å². The fourth-order valence-corrected chi connectivity index (χ4v) is 9.68. The number of carbonyl (C=O) groups is 2. The van der Waals surface area contributed by atoms with Gasteiger partial charge < -0.3 is 14.6 Å². The fourth-order valence-electron chi connectivity index (χ4n) is 9.68. The van der Waals surface area contributed by atoms with Crippen molar-refractivity contribution in [2.24, 2.45) is 0 Å². The number of carbonyl (C=O) groups excluding carboxylic acids is 2. The molecule has 0 spiro atoms. The Morgan fingerprint density at radius 3 is 0.878 bits per heavy atom. The largest absolute Gasteiger partial charge is 0.462 e. The van der Waals surface area contributed by atoms with Crippen molar-refractivity contribution in [3.8, 4) is 0 Å². The molecule has 0 aliphatic rings. The van der Waals surface area contributed by atoms with Gasteiger partial charge in [0.2, 0.25) is 0 Å². The molecule has 0 saturated carbocycles. The second-order valence-corrected chi connectivity index (χ2v) is 21.8. The molecule has 430 valence electrons. The summed E-state index contributed by atoms with van der Waals surface area (Å²) in [6.07, 6.45) is 89.2. The van der Waals surface area contributed by atoms with Crippen LogP contribution in [0.25, 0.3) is 0 Å². The predicted molar refractivity (Wildman–Crippen MR) is 325 cm³/mol. The minimum absolute atomic E-state index is 0.0602. The van der Waals surface area contributed by atoms with E-state index >= 15 is 0 Å². The number of rotatable bonds is 60. The maximum Gasteiger partial charge on any atom is 0.306 e. The Morgan fingerprint density at radius 1 is 0.324 bits per heavy atom. The van der Waals surface area contributed by atoms with Gasteiger partial charge in [-0.05, 0) is 64.2 Å². The summed E-state index contributed by atoms with van der Waals surface area (Å²) in [5.41, 5.74) is 0. The molecule has 0 heterocycles. The van der Waals surface area contributed by atoms with Crippen LogP contribution in [0, 0.1) is 0 Å². The SMILES string of the molecule is CC/C=C\C/C=C\C/C=C\C/C=C\C/C=C\C/C=C\CCCCCCCCCCCCCCCCCCCCCCCCC(=O)OC(CO)COC(=O)CCCCCCCCCCCCCCCCCCCCC. The third-order valence-corrected chi connectivity index (χ3v) is 14.5. The molecule has 5 heteroatoms. The van der Waals surface area contributed by atoms with E-state index in [0.29, 0.717) is 12.8 Å². The zero-order valence-corrected chi connectivity index (χ0v) is 49.4. The average Bonchev–Trinajstić information content (AvgIpc) is 3.40. The molecule has 0 aromatic carbocycles. The normalized spacial score (nSPS) is 12.6. The highest BCUT2D eigenvalue weighted by atomic mass is 16.6. The number of ether oxygens (including phenoxy) is 2. The van der Waals surface area contributed by atoms with Crippen molar-refractivity contribution in [2.75, 3.05) is 13.2 Å². The van der Waals surface area contributed by atoms with Crippen molar-refractivity contribution in [1.82, 2.24) is 0 Å². The van der Waals surface area contributed by atoms with Crippen LogP contribution in [0.1, 0.15) is 335 Å². The monoisotopic (exact) mass is 1030 g/mol. The van der Waals surface area contributed by atoms with Crippen LogP contribution in [0.2, 0.25) is 0 Å². The van der Waals surface area contributed by atoms with Crippen molar-refractivity contribution < 1.29 is 24.2 Å². The lowest BCUT2D eigenvalue weighted by Crippen LogP contribution is -2.28. The number of hydrogen-bond acceptors (Lipinski definition) is 5. The third kappa shape index (κ3) is 61.9. The van der Waals surface area contributed by atoms with Crippen molar-refractivity contribution in [2.45, 2.75) is 341 Å². The molecule has 0 bridgehead atoms. The van der Waals surface area contributed by atoms with Gasteiger partial charge in [-0.3, -0.25) is 9.59 Å². The van der Waals surface area contributed by atoms with Crippen LogP contribution >= 0.6 is 0 Å². The molecule has 0 aliphatic heterocycles. The summed E-state index contributed by atoms with van der Waals surface area (Å²) < 4.78 is 10.7. The van der Waals surface area contributed by atoms with Crippen molar-refractivity contribution >= 4 is 11.9 Å². The molecule has 0 aliphatic carbocycles. The predicted octanol–water partition coefficient (Wildman–Crippen LogP) is 22.3. The van der Waals surface area contributed by atoms with E-state index in [9.17, 15) is 14.7 Å². The smallest absolute Gasteiger partial charge is 0.306 e. The molecule has 1 unspecified atom stereocenters. The van der Waals surface area contributed by atoms with E-state index in [2.05, 4.69) is 86.8 Å². The standard InChI is InChI=1S/C69H124O5/c1-3-5-7-9-11-13-15-17-19-21-23-24-25-26-27-28-29-30-31-32-33-34-35-36-37-38-39-40-41-42-43-44-46-48-50-52-54-56-58-60-62-64-69(72)74-67(65-70)66-73-68(71)63-61-59-57-55-53-51-49-47-45-22-20-18-16-14-12-10-8-6-4-2/h5,7,11,13,17,19,23-24,26-27,29-30,67,70H,3-4,6,8-10,12,14-16,18,20-22,25,28,31-66H2,1-2H3/b7-5-,13-11-,19-17-,24-23-,27-26-,30-29-. The molecule has 74 heavy (non-hydrogen) atoms. The van der Waals surface area contributed by atoms with Crippen molar-refractivity contribution in [1.29, 1.82) is 0 Å². The minimum Gasteiger partial charge on any atom is -0.462 e. The molecule has 0 fully saturated rings. The number of allylic oxidation sites excluding steroid dienone is 12. The topological polar surface area (TPSA) is 72.8 Å². The molecule has 1 atom stereocenters. The highest BCUT2D eigenvalue weighted by Gasteiger charge is 2.16. The minimum atomic E-state index is -0.770. The zero-order chi connectivity index (χ0) is 53.4. The lowest BCUT2D eigenvalue weighted by molar-refractivity contribution is -0.161. The van der Waals surface area contributed by atoms with E-state index in [-0.39, 0.29) is 25.2 Å². The van der Waals surface area contributed by atoms with Gasteiger partial charge in [0.1, 0.15) is 6.61 Å². The van der Waals surface area contributed by atoms with Gasteiger partial charge in [0.25, 0.3) is 0 Å². The summed E-state index contributed by atoms with van der Waals surface area (Å²) >= 11 is 0. The molecule has 0 rings (SSSR count). The Bertz CT molecular complexity index is 1310. The zero-order valence-electron chi connectivity index (χ0n) is 49.4. The van der Waals surface area contributed by atoms with Crippen LogP contribution in [0.4, 0.5) is 0 Å². The molecule has 5 nitrogen and oxygen atoms in total. The first-order valence-electron chi connectivity index (χ1n) is 32.5. The quantitative estimate of drug-likeness (QED) is 0.0373. The summed E-state index contributed by atoms with van der Waals surface area (Å²) in [4.78, 5) is 24.6. The molecular weight excluding hydrogens is 909 g/mol. The van der Waals surface area contributed by atoms with E-state index in [1.807, 2.05) is 0 Å². The summed E-state index contributed by atoms with van der Waals surface area (Å²) in [6.45, 7) is 4.07. The van der Waals surface area contributed by atoms with Gasteiger partial charge in [-0.15, -0.1) is 0 Å². The number of unbranched alkanes of at least 4 members (excludes halogenated alkanes) is 40. The van der Waals surface area contributed by atoms with Gasteiger partial charge in [0, 0.05) is 12.8 Å². The molecular formula is C69H124O5. The van der Waals surface area contributed by atoms with Crippen molar-refractivity contribution in [3.05, 3.63) is 72.9 Å². The summed E-state index contributed by atoms with van der Waals surface area (Å²) in [7, 11) is 0. The summed E-state index contributed by atoms with van der Waals surface area (Å²) in [6, 6.07) is 0. The number of esters is 2. The molecule has 1 N–H and O–H groups in total. The fraction of sp³-hybridized carbons (Fsp3) is 0.797. The Labute approximate surface area is 461 Å². The molecule has 0 radical (unpaired) electrons. The Morgan fingerprint density at radius 2 is 0.581 bits per heavy atom. The van der Waals surface area contributed by atoms with Gasteiger partial charge >= 0.3 is 11.9 Å². The molecule has 0 aromatic heterocycles. The average molecular weight is 1030 g/mol. The Balaban J connectivity index is 3.41. The van der Waals surface area contributed by atoms with Crippen LogP contribution in [0.15, 0.2) is 72.9 Å². The summed E-state index contributed by atoms with van der Waals surface area (Å²) in [5, 5.41) is 9.67. The van der Waals surface area contributed by atoms with Crippen LogP contribution in [0.3, 0.4) is 0 Å². The lowest BCUT2D eigenvalue weighted by atomic mass is 10.0. The number of hydrogen-bond donors (Lipinski definition) is 1. The van der Waals surface area contributed by atoms with E-state index in [1.165, 1.54) is 238 Å². The first-order valence-corrected chi connectivity index (χ1v) is 32.5. The number of aliphatic hydroxyl groups is 1. The molecule has 0 amide bonds. The van der Waals surface area contributed by atoms with E-state index in [0.717, 1.165) is 70.6 Å². The van der Waals surface area contributed by atoms with E-state index < -0.39 is 6.10 Å².